The van der Waals surface area contributed by atoms with E-state index in [1.165, 1.54) is 30.6 Å². The average molecular weight is 549 g/mol. The second-order valence-corrected chi connectivity index (χ2v) is 10.6. The lowest BCUT2D eigenvalue weighted by atomic mass is 10.0. The fraction of sp³-hybridized carbons (Fsp3) is 0.280. The Hall–Kier alpha value is -3.71. The molecule has 38 heavy (non-hydrogen) atoms. The highest BCUT2D eigenvalue weighted by molar-refractivity contribution is 7.89. The van der Waals surface area contributed by atoms with Crippen LogP contribution in [-0.2, 0) is 27.4 Å². The van der Waals surface area contributed by atoms with Gasteiger partial charge < -0.3 is 4.42 Å². The summed E-state index contributed by atoms with van der Waals surface area (Å²) in [7, 11) is -4.14. The molecule has 4 heterocycles. The minimum atomic E-state index is -4.56. The number of furan rings is 1. The summed E-state index contributed by atoms with van der Waals surface area (Å²) in [6, 6.07) is 7.69. The van der Waals surface area contributed by atoms with E-state index in [9.17, 15) is 30.8 Å². The Kier molecular flexibility index (Phi) is 6.73. The smallest absolute Gasteiger partial charge is 0.433 e. The van der Waals surface area contributed by atoms with Gasteiger partial charge in [0.1, 0.15) is 23.4 Å². The van der Waals surface area contributed by atoms with Crippen LogP contribution in [0, 0.1) is 5.82 Å². The molecule has 0 aliphatic carbocycles. The fourth-order valence-corrected chi connectivity index (χ4v) is 6.03. The van der Waals surface area contributed by atoms with Crippen molar-refractivity contribution in [2.75, 3.05) is 6.54 Å². The molecule has 8 nitrogen and oxygen atoms in total. The van der Waals surface area contributed by atoms with Gasteiger partial charge in [-0.2, -0.15) is 17.5 Å². The van der Waals surface area contributed by atoms with Crippen molar-refractivity contribution in [3.05, 3.63) is 72.2 Å². The normalized spacial score (nSPS) is 16.8. The molecule has 0 radical (unpaired) electrons. The molecule has 0 bridgehead atoms. The highest BCUT2D eigenvalue weighted by Crippen LogP contribution is 2.32. The zero-order valence-electron chi connectivity index (χ0n) is 19.7. The highest BCUT2D eigenvalue weighted by Gasteiger charge is 2.40. The first-order chi connectivity index (χ1) is 18.0. The minimum Gasteiger partial charge on any atom is -0.443 e. The van der Waals surface area contributed by atoms with Gasteiger partial charge in [0.25, 0.3) is 10.0 Å². The molecule has 4 aromatic rings. The molecule has 0 unspecified atom stereocenters. The monoisotopic (exact) mass is 548 g/mol. The molecule has 1 aliphatic rings. The molecule has 1 fully saturated rings. The van der Waals surface area contributed by atoms with Gasteiger partial charge in [-0.25, -0.2) is 22.8 Å². The maximum absolute atomic E-state index is 13.5. The van der Waals surface area contributed by atoms with Crippen LogP contribution in [0.25, 0.3) is 22.2 Å². The molecule has 198 valence electrons. The van der Waals surface area contributed by atoms with Crippen molar-refractivity contribution in [1.29, 1.82) is 0 Å². The predicted molar refractivity (Wildman–Crippen MR) is 127 cm³/mol. The van der Waals surface area contributed by atoms with E-state index < -0.39 is 33.8 Å². The van der Waals surface area contributed by atoms with Crippen molar-refractivity contribution < 1.29 is 35.2 Å². The Labute approximate surface area is 214 Å². The molecule has 3 aromatic heterocycles. The zero-order valence-corrected chi connectivity index (χ0v) is 20.5. The van der Waals surface area contributed by atoms with Gasteiger partial charge in [0.05, 0.1) is 11.7 Å². The summed E-state index contributed by atoms with van der Waals surface area (Å²) in [6.45, 7) is 0.142. The summed E-state index contributed by atoms with van der Waals surface area (Å²) in [6.07, 6.45) is -1.25. The lowest BCUT2D eigenvalue weighted by molar-refractivity contribution is -0.141. The van der Waals surface area contributed by atoms with Gasteiger partial charge in [-0.3, -0.25) is 9.78 Å². The molecule has 1 aliphatic heterocycles. The van der Waals surface area contributed by atoms with Crippen LogP contribution in [-0.4, -0.2) is 46.0 Å². The van der Waals surface area contributed by atoms with Gasteiger partial charge in [0, 0.05) is 41.9 Å². The number of pyridine rings is 1. The molecule has 13 heteroatoms. The molecular formula is C25H20F4N4O4S. The van der Waals surface area contributed by atoms with Gasteiger partial charge in [-0.15, -0.1) is 0 Å². The number of Topliss-reactive ketones (excluding diaryl/α,β-unsaturated/α-hetero) is 1. The van der Waals surface area contributed by atoms with Crippen LogP contribution < -0.4 is 0 Å². The summed E-state index contributed by atoms with van der Waals surface area (Å²) < 4.78 is 84.9. The van der Waals surface area contributed by atoms with Gasteiger partial charge in [0.15, 0.2) is 5.78 Å². The number of aromatic nitrogens is 3. The van der Waals surface area contributed by atoms with E-state index in [-0.39, 0.29) is 35.8 Å². The summed E-state index contributed by atoms with van der Waals surface area (Å²) in [5, 5.41) is -0.0585. The summed E-state index contributed by atoms with van der Waals surface area (Å²) >= 11 is 0. The first kappa shape index (κ1) is 25.9. The lowest BCUT2D eigenvalue weighted by Crippen LogP contribution is -2.40. The topological polar surface area (TPSA) is 106 Å². The Morgan fingerprint density at radius 1 is 1.08 bits per heavy atom. The van der Waals surface area contributed by atoms with Gasteiger partial charge >= 0.3 is 6.18 Å². The van der Waals surface area contributed by atoms with Crippen molar-refractivity contribution in [3.63, 3.8) is 0 Å². The molecule has 0 N–H and O–H groups in total. The fourth-order valence-electron chi connectivity index (χ4n) is 4.41. The van der Waals surface area contributed by atoms with Gasteiger partial charge in [-0.1, -0.05) is 0 Å². The second kappa shape index (κ2) is 9.87. The van der Waals surface area contributed by atoms with E-state index in [0.717, 1.165) is 22.6 Å². The first-order valence-electron chi connectivity index (χ1n) is 11.6. The number of ketones is 1. The minimum absolute atomic E-state index is 0.0102. The number of nitrogens with zero attached hydrogens (tertiary/aromatic N) is 4. The molecule has 5 rings (SSSR count). The summed E-state index contributed by atoms with van der Waals surface area (Å²) in [5.41, 5.74) is 0.360. The first-order valence-corrected chi connectivity index (χ1v) is 13.0. The SMILES string of the molecule is O=C(CCc1cc(-c2ccc(C(F)(F)F)nc2)ncn1)[C@@H]1CCCN1S(=O)(=O)c1cc2cc(F)ccc2o1. The molecule has 0 amide bonds. The third kappa shape index (κ3) is 5.16. The van der Waals surface area contributed by atoms with Gasteiger partial charge in [0.2, 0.25) is 5.09 Å². The van der Waals surface area contributed by atoms with E-state index in [4.69, 9.17) is 4.42 Å². The largest absolute Gasteiger partial charge is 0.443 e. The molecule has 1 atom stereocenters. The van der Waals surface area contributed by atoms with Crippen molar-refractivity contribution in [3.8, 4) is 11.3 Å². The Bertz CT molecular complexity index is 1600. The number of hydrogen-bond acceptors (Lipinski definition) is 7. The number of hydrogen-bond donors (Lipinski definition) is 0. The third-order valence-electron chi connectivity index (χ3n) is 6.29. The highest BCUT2D eigenvalue weighted by atomic mass is 32.2. The Balaban J connectivity index is 1.28. The number of halogens is 4. The van der Waals surface area contributed by atoms with Crippen LogP contribution >= 0.6 is 0 Å². The van der Waals surface area contributed by atoms with Crippen LogP contribution in [0.15, 0.2) is 64.5 Å². The van der Waals surface area contributed by atoms with Crippen LogP contribution in [0.2, 0.25) is 0 Å². The van der Waals surface area contributed by atoms with E-state index in [1.807, 2.05) is 0 Å². The molecule has 0 spiro atoms. The van der Waals surface area contributed by atoms with Crippen LogP contribution in [0.4, 0.5) is 17.6 Å². The van der Waals surface area contributed by atoms with Crippen molar-refractivity contribution in [1.82, 2.24) is 19.3 Å². The Morgan fingerprint density at radius 3 is 2.63 bits per heavy atom. The van der Waals surface area contributed by atoms with Crippen LogP contribution in [0.1, 0.15) is 30.7 Å². The van der Waals surface area contributed by atoms with Crippen molar-refractivity contribution in [2.24, 2.45) is 0 Å². The molecule has 1 saturated heterocycles. The average Bonchev–Trinajstić information content (AvgIpc) is 3.55. The van der Waals surface area contributed by atoms with Crippen molar-refractivity contribution >= 4 is 26.8 Å². The molecular weight excluding hydrogens is 528 g/mol. The maximum Gasteiger partial charge on any atom is 0.433 e. The van der Waals surface area contributed by atoms with E-state index in [2.05, 4.69) is 15.0 Å². The molecule has 1 aromatic carbocycles. The number of aryl methyl sites for hydroxylation is 1. The number of sulfonamides is 1. The number of rotatable bonds is 7. The van der Waals surface area contributed by atoms with E-state index >= 15 is 0 Å². The van der Waals surface area contributed by atoms with E-state index in [0.29, 0.717) is 35.2 Å². The summed E-state index contributed by atoms with van der Waals surface area (Å²) in [4.78, 5) is 24.7. The Morgan fingerprint density at radius 2 is 1.89 bits per heavy atom. The number of carbonyl (C=O) groups excluding carboxylic acids is 1. The number of fused-ring (bicyclic) bond motifs is 1. The van der Waals surface area contributed by atoms with Crippen molar-refractivity contribution in [2.45, 2.75) is 43.0 Å². The quantitative estimate of drug-likeness (QED) is 0.306. The van der Waals surface area contributed by atoms with E-state index in [1.54, 1.807) is 6.07 Å². The standard InChI is InChI=1S/C25H20F4N4O4S/c26-17-4-7-22-16(10-17)11-24(37-22)38(35,36)33-9-1-2-20(33)21(34)6-5-18-12-19(32-14-31-18)15-3-8-23(30-13-15)25(27,28)29/h3-4,7-8,10-14,20H,1-2,5-6,9H2/t20-/m0/s1. The predicted octanol–water partition coefficient (Wildman–Crippen LogP) is 4.80. The molecule has 0 saturated carbocycles. The van der Waals surface area contributed by atoms with Crippen LogP contribution in [0.3, 0.4) is 0 Å². The number of benzene rings is 1. The zero-order chi connectivity index (χ0) is 27.1. The maximum atomic E-state index is 13.5. The number of alkyl halides is 3. The number of carbonyl (C=O) groups is 1. The van der Waals surface area contributed by atoms with Gasteiger partial charge in [-0.05, 0) is 55.7 Å². The van der Waals surface area contributed by atoms with Crippen LogP contribution in [0.5, 0.6) is 0 Å². The second-order valence-electron chi connectivity index (χ2n) is 8.81. The summed E-state index contributed by atoms with van der Waals surface area (Å²) in [5.74, 6) is -0.830. The third-order valence-corrected chi connectivity index (χ3v) is 8.06. The lowest BCUT2D eigenvalue weighted by Gasteiger charge is -2.21.